The van der Waals surface area contributed by atoms with Crippen LogP contribution in [-0.4, -0.2) is 30.2 Å². The third kappa shape index (κ3) is 9.52. The van der Waals surface area contributed by atoms with Crippen LogP contribution in [0.3, 0.4) is 0 Å². The Morgan fingerprint density at radius 3 is 2.24 bits per heavy atom. The predicted molar refractivity (Wildman–Crippen MR) is 180 cm³/mol. The number of halogens is 3. The Labute approximate surface area is 289 Å². The van der Waals surface area contributed by atoms with Crippen LogP contribution in [0.1, 0.15) is 95.2 Å². The summed E-state index contributed by atoms with van der Waals surface area (Å²) in [5.41, 5.74) is 2.54. The van der Waals surface area contributed by atoms with Gasteiger partial charge in [0.2, 0.25) is 0 Å². The molecule has 262 valence electrons. The van der Waals surface area contributed by atoms with Gasteiger partial charge >= 0.3 is 24.1 Å². The van der Waals surface area contributed by atoms with E-state index in [1.165, 1.54) is 30.3 Å². The van der Waals surface area contributed by atoms with E-state index in [1.807, 2.05) is 61.5 Å². The van der Waals surface area contributed by atoms with E-state index in [0.717, 1.165) is 42.4 Å². The molecular weight excluding hydrogens is 649 g/mol. The molecule has 0 spiro atoms. The lowest BCUT2D eigenvalue weighted by atomic mass is 9.83. The summed E-state index contributed by atoms with van der Waals surface area (Å²) in [6.45, 7) is 2.06. The Balaban J connectivity index is 1.34. The average Bonchev–Trinajstić information content (AvgIpc) is 3.12. The zero-order valence-corrected chi connectivity index (χ0v) is 27.7. The highest BCUT2D eigenvalue weighted by atomic mass is 19.4. The van der Waals surface area contributed by atoms with Crippen molar-refractivity contribution < 1.29 is 46.5 Å². The van der Waals surface area contributed by atoms with E-state index < -0.39 is 36.1 Å². The Morgan fingerprint density at radius 2 is 1.50 bits per heavy atom. The molecule has 0 saturated heterocycles. The van der Waals surface area contributed by atoms with E-state index in [4.69, 9.17) is 18.9 Å². The van der Waals surface area contributed by atoms with Gasteiger partial charge in [0.1, 0.15) is 29.4 Å². The van der Waals surface area contributed by atoms with Gasteiger partial charge in [-0.15, -0.1) is 0 Å². The summed E-state index contributed by atoms with van der Waals surface area (Å²) in [6.07, 6.45) is -2.44. The summed E-state index contributed by atoms with van der Waals surface area (Å²) in [7, 11) is 0. The van der Waals surface area contributed by atoms with Gasteiger partial charge in [0.25, 0.3) is 0 Å². The minimum atomic E-state index is -4.70. The second kappa shape index (κ2) is 17.0. The number of hydrogen-bond donors (Lipinski definition) is 0. The molecule has 4 aromatic rings. The van der Waals surface area contributed by atoms with Gasteiger partial charge in [-0.3, -0.25) is 4.79 Å². The predicted octanol–water partition coefficient (Wildman–Crippen LogP) is 9.57. The molecule has 0 fully saturated rings. The highest BCUT2D eigenvalue weighted by molar-refractivity contribution is 5.98. The van der Waals surface area contributed by atoms with E-state index in [-0.39, 0.29) is 47.8 Å². The Hall–Kier alpha value is -5.12. The second-order valence-corrected chi connectivity index (χ2v) is 12.2. The van der Waals surface area contributed by atoms with Crippen LogP contribution < -0.4 is 14.2 Å². The second-order valence-electron chi connectivity index (χ2n) is 12.2. The van der Waals surface area contributed by atoms with Gasteiger partial charge in [-0.25, -0.2) is 9.59 Å². The molecule has 1 unspecified atom stereocenters. The van der Waals surface area contributed by atoms with Gasteiger partial charge in [0.05, 0.1) is 11.5 Å². The van der Waals surface area contributed by atoms with Crippen molar-refractivity contribution in [1.29, 1.82) is 0 Å². The van der Waals surface area contributed by atoms with Crippen LogP contribution in [0.15, 0.2) is 97.1 Å². The van der Waals surface area contributed by atoms with Crippen molar-refractivity contribution >= 4 is 17.9 Å². The van der Waals surface area contributed by atoms with Crippen molar-refractivity contribution in [2.75, 3.05) is 0 Å². The van der Waals surface area contributed by atoms with Crippen LogP contribution in [0.25, 0.3) is 0 Å². The maximum Gasteiger partial charge on any atom is 0.425 e. The smallest absolute Gasteiger partial charge is 0.425 e. The van der Waals surface area contributed by atoms with Crippen molar-refractivity contribution in [3.63, 3.8) is 0 Å². The molecule has 1 aliphatic rings. The van der Waals surface area contributed by atoms with Crippen molar-refractivity contribution in [2.45, 2.75) is 83.1 Å². The summed E-state index contributed by atoms with van der Waals surface area (Å²) in [5, 5.41) is 0. The number of rotatable bonds is 14. The number of alkyl halides is 3. The van der Waals surface area contributed by atoms with Crippen molar-refractivity contribution in [1.82, 2.24) is 0 Å². The molecule has 10 heteroatoms. The molecule has 0 aliphatic heterocycles. The first kappa shape index (κ1) is 36.2. The number of hydrogen-bond acceptors (Lipinski definition) is 7. The van der Waals surface area contributed by atoms with Crippen LogP contribution in [0.4, 0.5) is 13.2 Å². The molecule has 4 aromatic carbocycles. The molecule has 1 aliphatic carbocycles. The van der Waals surface area contributed by atoms with Gasteiger partial charge < -0.3 is 18.9 Å². The van der Waals surface area contributed by atoms with Crippen molar-refractivity contribution in [3.8, 4) is 17.2 Å². The monoisotopic (exact) mass is 688 g/mol. The maximum absolute atomic E-state index is 13.7. The van der Waals surface area contributed by atoms with E-state index in [1.54, 1.807) is 12.1 Å². The number of aryl methyl sites for hydroxylation is 1. The third-order valence-corrected chi connectivity index (χ3v) is 8.53. The van der Waals surface area contributed by atoms with E-state index in [9.17, 15) is 27.6 Å². The van der Waals surface area contributed by atoms with Crippen LogP contribution in [0.5, 0.6) is 17.2 Å². The molecule has 0 N–H and O–H groups in total. The third-order valence-electron chi connectivity index (χ3n) is 8.53. The molecule has 5 rings (SSSR count). The molecule has 50 heavy (non-hydrogen) atoms. The lowest BCUT2D eigenvalue weighted by Crippen LogP contribution is -2.33. The first-order valence-corrected chi connectivity index (χ1v) is 16.8. The average molecular weight is 689 g/mol. The number of esters is 3. The van der Waals surface area contributed by atoms with E-state index >= 15 is 0 Å². The zero-order valence-electron chi connectivity index (χ0n) is 27.7. The standard InChI is InChI=1S/C40H39F3O7/c1-2-3-4-8-21-35(40(41,42)43)50-37(44)29-22-24-30(25-23-29)48-39(46)36-33(47-26-27-13-6-5-7-14-27)19-12-20-34(36)49-38(45)32-18-11-16-28-15-9-10-17-31(28)32/h5-7,9-10,12-15,17,19-20,22-25,32,35H,2-4,8,11,16,18,21,26H2,1H3/t32?,35-/m1/s1. The van der Waals surface area contributed by atoms with Gasteiger partial charge in [-0.2, -0.15) is 13.2 Å². The minimum Gasteiger partial charge on any atom is -0.488 e. The van der Waals surface area contributed by atoms with Crippen LogP contribution in [0.2, 0.25) is 0 Å². The van der Waals surface area contributed by atoms with Gasteiger partial charge in [0.15, 0.2) is 6.10 Å². The summed E-state index contributed by atoms with van der Waals surface area (Å²) in [5.74, 6) is -3.01. The molecule has 0 amide bonds. The quantitative estimate of drug-likeness (QED) is 0.0741. The topological polar surface area (TPSA) is 88.1 Å². The van der Waals surface area contributed by atoms with E-state index in [0.29, 0.717) is 12.8 Å². The highest BCUT2D eigenvalue weighted by Crippen LogP contribution is 2.36. The maximum atomic E-state index is 13.7. The molecular formula is C40H39F3O7. The Bertz CT molecular complexity index is 1750. The minimum absolute atomic E-state index is 0.00478. The van der Waals surface area contributed by atoms with E-state index in [2.05, 4.69) is 0 Å². The Morgan fingerprint density at radius 1 is 0.780 bits per heavy atom. The molecule has 2 atom stereocenters. The summed E-state index contributed by atoms with van der Waals surface area (Å²) in [6, 6.07) is 26.6. The van der Waals surface area contributed by atoms with Crippen LogP contribution in [0, 0.1) is 0 Å². The first-order chi connectivity index (χ1) is 24.1. The SMILES string of the molecule is CCCCCC[C@@H](OC(=O)c1ccc(OC(=O)c2c(OCc3ccccc3)cccc2OC(=O)C2CCCc3ccccc32)cc1)C(F)(F)F. The molecule has 0 heterocycles. The molecule has 0 saturated carbocycles. The summed E-state index contributed by atoms with van der Waals surface area (Å²) >= 11 is 0. The number of fused-ring (bicyclic) bond motifs is 1. The van der Waals surface area contributed by atoms with Crippen molar-refractivity contribution in [2.24, 2.45) is 0 Å². The number of benzene rings is 4. The Kier molecular flexibility index (Phi) is 12.3. The molecule has 0 aromatic heterocycles. The molecule has 7 nitrogen and oxygen atoms in total. The lowest BCUT2D eigenvalue weighted by Gasteiger charge is -2.24. The number of unbranched alkanes of at least 4 members (excludes halogenated alkanes) is 3. The van der Waals surface area contributed by atoms with Crippen molar-refractivity contribution in [3.05, 3.63) is 125 Å². The van der Waals surface area contributed by atoms with Crippen LogP contribution in [-0.2, 0) is 22.6 Å². The summed E-state index contributed by atoms with van der Waals surface area (Å²) in [4.78, 5) is 39.9. The van der Waals surface area contributed by atoms with Crippen LogP contribution >= 0.6 is 0 Å². The largest absolute Gasteiger partial charge is 0.488 e. The highest BCUT2D eigenvalue weighted by Gasteiger charge is 2.42. The fraction of sp³-hybridized carbons (Fsp3) is 0.325. The fourth-order valence-corrected chi connectivity index (χ4v) is 5.89. The first-order valence-electron chi connectivity index (χ1n) is 16.8. The van der Waals surface area contributed by atoms with Gasteiger partial charge in [-0.05, 0) is 85.2 Å². The van der Waals surface area contributed by atoms with Gasteiger partial charge in [0, 0.05) is 0 Å². The lowest BCUT2D eigenvalue weighted by molar-refractivity contribution is -0.206. The summed E-state index contributed by atoms with van der Waals surface area (Å²) < 4.78 is 63.0. The molecule has 0 radical (unpaired) electrons. The number of carbonyl (C=O) groups excluding carboxylic acids is 3. The van der Waals surface area contributed by atoms with Gasteiger partial charge in [-0.1, -0.05) is 86.8 Å². The number of ether oxygens (including phenoxy) is 4. The molecule has 0 bridgehead atoms. The number of carbonyl (C=O) groups is 3. The fourth-order valence-electron chi connectivity index (χ4n) is 5.89. The zero-order chi connectivity index (χ0) is 35.5. The normalized spacial score (nSPS) is 14.6.